The van der Waals surface area contributed by atoms with E-state index in [-0.39, 0.29) is 58.8 Å². The van der Waals surface area contributed by atoms with Crippen LogP contribution in [0.1, 0.15) is 81.9 Å². The van der Waals surface area contributed by atoms with Crippen molar-refractivity contribution in [1.29, 1.82) is 0 Å². The maximum Gasteiger partial charge on any atom is 0.329 e. The Morgan fingerprint density at radius 3 is 2.41 bits per heavy atom. The maximum atomic E-state index is 16.2. The zero-order valence-corrected chi connectivity index (χ0v) is 37.2. The molecule has 2 atom stereocenters. The van der Waals surface area contributed by atoms with Crippen LogP contribution in [-0.4, -0.2) is 105 Å². The van der Waals surface area contributed by atoms with Gasteiger partial charge < -0.3 is 20.2 Å². The van der Waals surface area contributed by atoms with Crippen molar-refractivity contribution >= 4 is 73.8 Å². The molecule has 63 heavy (non-hydrogen) atoms. The monoisotopic (exact) mass is 902 g/mol. The van der Waals surface area contributed by atoms with E-state index in [9.17, 15) is 28.5 Å². The number of hydrogen-bond donors (Lipinski definition) is 3. The van der Waals surface area contributed by atoms with Gasteiger partial charge in [0.1, 0.15) is 33.2 Å². The number of amides is 2. The fourth-order valence-corrected chi connectivity index (χ4v) is 11.6. The highest BCUT2D eigenvalue weighted by molar-refractivity contribution is 7.82. The Hall–Kier alpha value is -5.01. The highest BCUT2D eigenvalue weighted by atomic mass is 35.5. The van der Waals surface area contributed by atoms with E-state index in [0.29, 0.717) is 60.9 Å². The summed E-state index contributed by atoms with van der Waals surface area (Å²) in [6, 6.07) is 9.89. The van der Waals surface area contributed by atoms with E-state index in [2.05, 4.69) is 20.5 Å². The molecule has 0 spiro atoms. The smallest absolute Gasteiger partial charge is 0.329 e. The molecule has 1 saturated carbocycles. The molecule has 2 aromatic carbocycles. The average molecular weight is 903 g/mol. The van der Waals surface area contributed by atoms with Gasteiger partial charge in [-0.3, -0.25) is 33.4 Å². The van der Waals surface area contributed by atoms with Crippen LogP contribution in [0.15, 0.2) is 57.1 Å². The van der Waals surface area contributed by atoms with Gasteiger partial charge in [-0.15, -0.1) is 0 Å². The molecule has 3 saturated heterocycles. The minimum atomic E-state index is -1.36. The summed E-state index contributed by atoms with van der Waals surface area (Å²) in [5, 5.41) is 18.2. The van der Waals surface area contributed by atoms with E-state index < -0.39 is 45.9 Å². The predicted octanol–water partition coefficient (Wildman–Crippen LogP) is 4.83. The summed E-state index contributed by atoms with van der Waals surface area (Å²) >= 11 is 6.31. The summed E-state index contributed by atoms with van der Waals surface area (Å²) in [4.78, 5) is 64.7. The first-order valence-electron chi connectivity index (χ1n) is 21.7. The lowest BCUT2D eigenvalue weighted by atomic mass is 9.89. The molecule has 16 nitrogen and oxygen atoms in total. The summed E-state index contributed by atoms with van der Waals surface area (Å²) in [5.74, 6) is -1.25. The van der Waals surface area contributed by atoms with Gasteiger partial charge >= 0.3 is 5.69 Å². The number of imide groups is 1. The normalized spacial score (nSPS) is 21.0. The van der Waals surface area contributed by atoms with Gasteiger partial charge in [0.25, 0.3) is 5.56 Å². The fraction of sp³-hybridized carbons (Fsp3) is 0.500. The van der Waals surface area contributed by atoms with Crippen LogP contribution in [0.5, 0.6) is 0 Å². The molecule has 0 radical (unpaired) electrons. The zero-order chi connectivity index (χ0) is 44.3. The van der Waals surface area contributed by atoms with E-state index >= 15 is 4.39 Å². The van der Waals surface area contributed by atoms with Crippen molar-refractivity contribution in [2.75, 3.05) is 50.0 Å². The third kappa shape index (κ3) is 8.20. The molecule has 334 valence electrons. The van der Waals surface area contributed by atoms with Crippen molar-refractivity contribution in [3.63, 3.8) is 0 Å². The minimum Gasteiger partial charge on any atom is -0.388 e. The number of hydrogen-bond acceptors (Lipinski definition) is 11. The van der Waals surface area contributed by atoms with Gasteiger partial charge in [0, 0.05) is 82.6 Å². The van der Waals surface area contributed by atoms with Crippen LogP contribution in [-0.2, 0) is 27.6 Å². The molecular weight excluding hydrogens is 851 g/mol. The predicted molar refractivity (Wildman–Crippen MR) is 239 cm³/mol. The Bertz CT molecular complexity index is 2770. The first-order chi connectivity index (χ1) is 30.2. The zero-order valence-electron chi connectivity index (χ0n) is 35.6. The Balaban J connectivity index is 0.792. The molecule has 5 aromatic rings. The van der Waals surface area contributed by atoms with Crippen molar-refractivity contribution in [2.45, 2.75) is 99.8 Å². The first kappa shape index (κ1) is 43.3. The summed E-state index contributed by atoms with van der Waals surface area (Å²) in [6.45, 7) is 4.79. The summed E-state index contributed by atoms with van der Waals surface area (Å²) in [5.41, 5.74) is 0.913. The number of piperidine rings is 3. The molecule has 3 N–H and O–H groups in total. The number of benzene rings is 2. The minimum absolute atomic E-state index is 0.0548. The quantitative estimate of drug-likeness (QED) is 0.164. The molecule has 2 amide bonds. The molecule has 19 heteroatoms. The van der Waals surface area contributed by atoms with Crippen LogP contribution >= 0.6 is 11.6 Å². The molecule has 1 aliphatic carbocycles. The number of anilines is 3. The highest BCUT2D eigenvalue weighted by Crippen LogP contribution is 2.35. The largest absolute Gasteiger partial charge is 0.388 e. The van der Waals surface area contributed by atoms with Crippen molar-refractivity contribution in [3.8, 4) is 0 Å². The molecule has 3 aliphatic heterocycles. The van der Waals surface area contributed by atoms with Crippen LogP contribution in [0.25, 0.3) is 22.1 Å². The van der Waals surface area contributed by atoms with Crippen molar-refractivity contribution < 1.29 is 23.3 Å². The molecular formula is C44H52ClFN10O6S. The van der Waals surface area contributed by atoms with Gasteiger partial charge in [-0.25, -0.2) is 22.7 Å². The van der Waals surface area contributed by atoms with E-state index in [0.717, 1.165) is 49.8 Å². The highest BCUT2D eigenvalue weighted by Gasteiger charge is 2.38. The number of pyridine rings is 1. The van der Waals surface area contributed by atoms with Gasteiger partial charge in [0.05, 0.1) is 21.7 Å². The van der Waals surface area contributed by atoms with Crippen LogP contribution in [0.4, 0.5) is 21.7 Å². The summed E-state index contributed by atoms with van der Waals surface area (Å²) < 4.78 is 36.2. The topological polar surface area (TPSA) is 180 Å². The molecule has 2 unspecified atom stereocenters. The number of aliphatic hydroxyl groups is 1. The second-order valence-electron chi connectivity index (χ2n) is 17.7. The van der Waals surface area contributed by atoms with Crippen LogP contribution in [0.3, 0.4) is 0 Å². The number of likely N-dealkylation sites (tertiary alicyclic amines) is 1. The number of rotatable bonds is 10. The Kier molecular flexibility index (Phi) is 11.8. The number of halogens is 2. The number of likely N-dealkylation sites (N-methyl/N-ethyl adjacent to an activating group) is 1. The lowest BCUT2D eigenvalue weighted by Crippen LogP contribution is -2.54. The third-order valence-electron chi connectivity index (χ3n) is 13.6. The third-order valence-corrected chi connectivity index (χ3v) is 15.4. The lowest BCUT2D eigenvalue weighted by molar-refractivity contribution is -0.135. The first-order valence-corrected chi connectivity index (χ1v) is 23.2. The number of nitrogens with zero attached hydrogens (tertiary/aromatic N) is 8. The SMILES string of the molecule is Cc1cc(S(=O)N2CCC(N3CCC(O)(CN(C)c4ccc5c(c4F)n(C)c(=O)n5C4CCC(=O)NC4=O)CC3)CC2)ccc1Nc1ncc2cc(Cl)c(=O)n(C3CCCC3)c2n1. The van der Waals surface area contributed by atoms with Crippen molar-refractivity contribution in [1.82, 2.24) is 38.2 Å². The van der Waals surface area contributed by atoms with E-state index in [1.807, 2.05) is 29.4 Å². The van der Waals surface area contributed by atoms with Gasteiger partial charge in [-0.2, -0.15) is 4.98 Å². The van der Waals surface area contributed by atoms with Crippen molar-refractivity contribution in [3.05, 3.63) is 79.8 Å². The Morgan fingerprint density at radius 2 is 1.71 bits per heavy atom. The van der Waals surface area contributed by atoms with Crippen LogP contribution < -0.4 is 26.8 Å². The van der Waals surface area contributed by atoms with Crippen molar-refractivity contribution in [2.24, 2.45) is 7.05 Å². The maximum absolute atomic E-state index is 16.2. The van der Waals surface area contributed by atoms with Gasteiger partial charge in [0.15, 0.2) is 5.82 Å². The number of aryl methyl sites for hydroxylation is 2. The molecule has 0 bridgehead atoms. The van der Waals surface area contributed by atoms with E-state index in [4.69, 9.17) is 16.6 Å². The summed E-state index contributed by atoms with van der Waals surface area (Å²) in [6.07, 6.45) is 8.51. The average Bonchev–Trinajstić information content (AvgIpc) is 3.88. The van der Waals surface area contributed by atoms with E-state index in [1.54, 1.807) is 40.9 Å². The second kappa shape index (κ2) is 17.2. The summed E-state index contributed by atoms with van der Waals surface area (Å²) in [7, 11) is 1.82. The molecule has 6 heterocycles. The molecule has 3 aromatic heterocycles. The van der Waals surface area contributed by atoms with Crippen LogP contribution in [0, 0.1) is 12.7 Å². The number of aromatic nitrogens is 5. The number of fused-ring (bicyclic) bond motifs is 2. The van der Waals surface area contributed by atoms with Gasteiger partial charge in [-0.1, -0.05) is 24.4 Å². The molecule has 4 fully saturated rings. The van der Waals surface area contributed by atoms with Crippen LogP contribution in [0.2, 0.25) is 5.02 Å². The standard InChI is InChI=1S/C44H52ClFN10O6S/c1-26-22-30(8-9-32(26)48-42-47-24-27-23-31(45)41(59)55(39(27)50-42)29-6-4-5-7-29)63(62)54-18-14-28(15-19-54)53-20-16-44(61,17-21-53)25-51(2)33-10-11-34-38(37(33)46)52(3)43(60)56(34)35-12-13-36(57)49-40(35)58/h8-11,22-24,28-29,35,61H,4-7,12-21,25H2,1-3H3,(H,47,48,50)(H,49,57,58). The Labute approximate surface area is 370 Å². The second-order valence-corrected chi connectivity index (χ2v) is 19.5. The fourth-order valence-electron chi connectivity index (χ4n) is 10.1. The Morgan fingerprint density at radius 1 is 0.984 bits per heavy atom. The lowest BCUT2D eigenvalue weighted by Gasteiger charge is -2.45. The molecule has 9 rings (SSSR count). The number of imidazole rings is 1. The van der Waals surface area contributed by atoms with E-state index in [1.165, 1.54) is 16.2 Å². The van der Waals surface area contributed by atoms with Gasteiger partial charge in [-0.05, 0) is 93.8 Å². The number of nitrogens with one attached hydrogen (secondary N) is 2. The number of carbonyl (C=O) groups excluding carboxylic acids is 2. The van der Waals surface area contributed by atoms with Gasteiger partial charge in [0.2, 0.25) is 17.8 Å². The molecule has 4 aliphatic rings. The number of carbonyl (C=O) groups is 2.